The Morgan fingerprint density at radius 1 is 1.40 bits per heavy atom. The molecule has 15 heavy (non-hydrogen) atoms. The van der Waals surface area contributed by atoms with Gasteiger partial charge < -0.3 is 4.74 Å². The number of rotatable bonds is 4. The van der Waals surface area contributed by atoms with Gasteiger partial charge in [0.2, 0.25) is 0 Å². The molecule has 0 fully saturated rings. The summed E-state index contributed by atoms with van der Waals surface area (Å²) < 4.78 is 5.21. The highest BCUT2D eigenvalue weighted by Gasteiger charge is 2.14. The Morgan fingerprint density at radius 2 is 2.07 bits per heavy atom. The topological polar surface area (TPSA) is 26.3 Å². The minimum Gasteiger partial charge on any atom is -0.496 e. The first kappa shape index (κ1) is 12.1. The monoisotopic (exact) mass is 226 g/mol. The third-order valence-electron chi connectivity index (χ3n) is 2.26. The highest BCUT2D eigenvalue weighted by Crippen LogP contribution is 2.25. The third-order valence-corrected chi connectivity index (χ3v) is 2.45. The molecular weight excluding hydrogens is 212 g/mol. The van der Waals surface area contributed by atoms with Crippen LogP contribution >= 0.6 is 11.6 Å². The van der Waals surface area contributed by atoms with Crippen LogP contribution in [0.4, 0.5) is 0 Å². The Bertz CT molecular complexity index is 372. The largest absolute Gasteiger partial charge is 0.496 e. The molecule has 0 saturated heterocycles. The molecule has 0 heterocycles. The molecule has 1 aromatic rings. The van der Waals surface area contributed by atoms with Crippen molar-refractivity contribution in [2.24, 2.45) is 0 Å². The fourth-order valence-electron chi connectivity index (χ4n) is 1.66. The number of aryl methyl sites for hydroxylation is 2. The molecule has 82 valence electrons. The van der Waals surface area contributed by atoms with Crippen LogP contribution in [0.5, 0.6) is 5.75 Å². The standard InChI is InChI=1S/C12H15ClO2/c1-8-6-9(2)12(10(14)4-5-13)11(7-8)15-3/h6-7H,4-5H2,1-3H3. The lowest BCUT2D eigenvalue weighted by Gasteiger charge is -2.11. The summed E-state index contributed by atoms with van der Waals surface area (Å²) in [4.78, 5) is 11.8. The lowest BCUT2D eigenvalue weighted by atomic mass is 9.99. The lowest BCUT2D eigenvalue weighted by Crippen LogP contribution is -2.05. The Hall–Kier alpha value is -1.02. The summed E-state index contributed by atoms with van der Waals surface area (Å²) in [6, 6.07) is 3.85. The van der Waals surface area contributed by atoms with Crippen molar-refractivity contribution in [3.63, 3.8) is 0 Å². The van der Waals surface area contributed by atoms with Crippen molar-refractivity contribution in [2.45, 2.75) is 20.3 Å². The first-order chi connectivity index (χ1) is 7.10. The Kier molecular flexibility index (Phi) is 4.15. The maximum Gasteiger partial charge on any atom is 0.168 e. The number of methoxy groups -OCH3 is 1. The number of benzene rings is 1. The molecule has 0 spiro atoms. The van der Waals surface area contributed by atoms with Gasteiger partial charge in [-0.25, -0.2) is 0 Å². The minimum atomic E-state index is 0.0411. The second-order valence-electron chi connectivity index (χ2n) is 3.52. The van der Waals surface area contributed by atoms with Gasteiger partial charge in [-0.1, -0.05) is 6.07 Å². The smallest absolute Gasteiger partial charge is 0.168 e. The molecule has 0 bridgehead atoms. The van der Waals surface area contributed by atoms with E-state index in [1.165, 1.54) is 0 Å². The minimum absolute atomic E-state index is 0.0411. The van der Waals surface area contributed by atoms with E-state index in [9.17, 15) is 4.79 Å². The van der Waals surface area contributed by atoms with Crippen LogP contribution < -0.4 is 4.74 Å². The molecule has 0 aliphatic carbocycles. The Labute approximate surface area is 95.2 Å². The normalized spacial score (nSPS) is 10.1. The van der Waals surface area contributed by atoms with E-state index < -0.39 is 0 Å². The van der Waals surface area contributed by atoms with Crippen LogP contribution in [0.15, 0.2) is 12.1 Å². The zero-order chi connectivity index (χ0) is 11.4. The van der Waals surface area contributed by atoms with Crippen molar-refractivity contribution in [2.75, 3.05) is 13.0 Å². The van der Waals surface area contributed by atoms with Crippen molar-refractivity contribution < 1.29 is 9.53 Å². The molecule has 3 heteroatoms. The molecule has 0 saturated carbocycles. The average Bonchev–Trinajstić information content (AvgIpc) is 2.16. The summed E-state index contributed by atoms with van der Waals surface area (Å²) in [5, 5.41) is 0. The number of hydrogen-bond donors (Lipinski definition) is 0. The van der Waals surface area contributed by atoms with E-state index in [4.69, 9.17) is 16.3 Å². The number of hydrogen-bond acceptors (Lipinski definition) is 2. The molecule has 1 aromatic carbocycles. The van der Waals surface area contributed by atoms with Crippen molar-refractivity contribution in [3.05, 3.63) is 28.8 Å². The van der Waals surface area contributed by atoms with E-state index in [-0.39, 0.29) is 5.78 Å². The van der Waals surface area contributed by atoms with Gasteiger partial charge in [0.25, 0.3) is 0 Å². The van der Waals surface area contributed by atoms with Crippen LogP contribution in [-0.4, -0.2) is 18.8 Å². The summed E-state index contributed by atoms with van der Waals surface area (Å²) in [7, 11) is 1.58. The molecular formula is C12H15ClO2. The molecule has 0 unspecified atom stereocenters. The van der Waals surface area contributed by atoms with Crippen LogP contribution in [0.3, 0.4) is 0 Å². The number of ether oxygens (including phenoxy) is 1. The predicted molar refractivity (Wildman–Crippen MR) is 62.1 cm³/mol. The number of alkyl halides is 1. The number of halogens is 1. The third kappa shape index (κ3) is 2.72. The van der Waals surface area contributed by atoms with E-state index in [0.717, 1.165) is 11.1 Å². The van der Waals surface area contributed by atoms with Crippen LogP contribution in [0.25, 0.3) is 0 Å². The Morgan fingerprint density at radius 3 is 2.60 bits per heavy atom. The van der Waals surface area contributed by atoms with Gasteiger partial charge in [-0.15, -0.1) is 11.6 Å². The summed E-state index contributed by atoms with van der Waals surface area (Å²) in [6.07, 6.45) is 0.349. The summed E-state index contributed by atoms with van der Waals surface area (Å²) in [5.74, 6) is 1.02. The zero-order valence-corrected chi connectivity index (χ0v) is 10.0. The van der Waals surface area contributed by atoms with E-state index in [0.29, 0.717) is 23.6 Å². The highest BCUT2D eigenvalue weighted by atomic mass is 35.5. The van der Waals surface area contributed by atoms with Gasteiger partial charge in [-0.3, -0.25) is 4.79 Å². The number of carbonyl (C=O) groups is 1. The van der Waals surface area contributed by atoms with Crippen molar-refractivity contribution >= 4 is 17.4 Å². The zero-order valence-electron chi connectivity index (χ0n) is 9.26. The van der Waals surface area contributed by atoms with Gasteiger partial charge >= 0.3 is 0 Å². The van der Waals surface area contributed by atoms with E-state index in [1.807, 2.05) is 26.0 Å². The molecule has 1 rings (SSSR count). The molecule has 0 radical (unpaired) electrons. The van der Waals surface area contributed by atoms with Crippen LogP contribution in [-0.2, 0) is 0 Å². The predicted octanol–water partition coefficient (Wildman–Crippen LogP) is 3.12. The second kappa shape index (κ2) is 5.17. The maximum absolute atomic E-state index is 11.8. The van der Waals surface area contributed by atoms with E-state index in [2.05, 4.69) is 0 Å². The molecule has 0 aromatic heterocycles. The van der Waals surface area contributed by atoms with Crippen LogP contribution in [0.1, 0.15) is 27.9 Å². The molecule has 0 amide bonds. The summed E-state index contributed by atoms with van der Waals surface area (Å²) in [5.41, 5.74) is 2.69. The van der Waals surface area contributed by atoms with Gasteiger partial charge in [0.05, 0.1) is 12.7 Å². The number of ketones is 1. The first-order valence-corrected chi connectivity index (χ1v) is 5.38. The van der Waals surface area contributed by atoms with Gasteiger partial charge in [0.15, 0.2) is 5.78 Å². The van der Waals surface area contributed by atoms with Crippen LogP contribution in [0, 0.1) is 13.8 Å². The van der Waals surface area contributed by atoms with Crippen molar-refractivity contribution in [1.82, 2.24) is 0 Å². The van der Waals surface area contributed by atoms with Crippen LogP contribution in [0.2, 0.25) is 0 Å². The summed E-state index contributed by atoms with van der Waals surface area (Å²) >= 11 is 5.56. The number of Topliss-reactive ketones (excluding diaryl/α,β-unsaturated/α-hetero) is 1. The fourth-order valence-corrected chi connectivity index (χ4v) is 1.83. The first-order valence-electron chi connectivity index (χ1n) is 4.84. The lowest BCUT2D eigenvalue weighted by molar-refractivity contribution is 0.0985. The fraction of sp³-hybridized carbons (Fsp3) is 0.417. The molecule has 2 nitrogen and oxygen atoms in total. The van der Waals surface area contributed by atoms with Gasteiger partial charge in [0.1, 0.15) is 5.75 Å². The second-order valence-corrected chi connectivity index (χ2v) is 3.90. The van der Waals surface area contributed by atoms with E-state index in [1.54, 1.807) is 7.11 Å². The van der Waals surface area contributed by atoms with Crippen molar-refractivity contribution in [1.29, 1.82) is 0 Å². The Balaban J connectivity index is 3.20. The molecule has 0 aliphatic rings. The molecule has 0 N–H and O–H groups in total. The quantitative estimate of drug-likeness (QED) is 0.583. The highest BCUT2D eigenvalue weighted by molar-refractivity contribution is 6.19. The van der Waals surface area contributed by atoms with Gasteiger partial charge in [-0.2, -0.15) is 0 Å². The summed E-state index contributed by atoms with van der Waals surface area (Å²) in [6.45, 7) is 3.89. The maximum atomic E-state index is 11.8. The van der Waals surface area contributed by atoms with Gasteiger partial charge in [-0.05, 0) is 31.0 Å². The SMILES string of the molecule is COc1cc(C)cc(C)c1C(=O)CCCl. The van der Waals surface area contributed by atoms with Crippen molar-refractivity contribution in [3.8, 4) is 5.75 Å². The molecule has 0 aliphatic heterocycles. The van der Waals surface area contributed by atoms with Gasteiger partial charge in [0, 0.05) is 12.3 Å². The average molecular weight is 227 g/mol. The van der Waals surface area contributed by atoms with E-state index >= 15 is 0 Å². The number of carbonyl (C=O) groups excluding carboxylic acids is 1. The molecule has 0 atom stereocenters.